The van der Waals surface area contributed by atoms with Crippen molar-refractivity contribution in [3.05, 3.63) is 34.9 Å². The quantitative estimate of drug-likeness (QED) is 0.847. The van der Waals surface area contributed by atoms with Crippen molar-refractivity contribution in [1.29, 1.82) is 0 Å². The first kappa shape index (κ1) is 14.2. The number of hydrogen-bond acceptors (Lipinski definition) is 2. The maximum absolute atomic E-state index is 9.19. The number of benzene rings is 1. The standard InChI is InChI=1S/C15H25NO/c1-11(2)13-7-6-12(3)14(10-13)15(8-9-17)16(4)5/h6-7,10-11,15,17H,8-9H2,1-5H3. The van der Waals surface area contributed by atoms with Crippen LogP contribution >= 0.6 is 0 Å². The van der Waals surface area contributed by atoms with E-state index in [1.165, 1.54) is 16.7 Å². The molecule has 1 aromatic carbocycles. The molecule has 96 valence electrons. The highest BCUT2D eigenvalue weighted by Gasteiger charge is 2.16. The van der Waals surface area contributed by atoms with Crippen LogP contribution in [0.3, 0.4) is 0 Å². The second-order valence-electron chi connectivity index (χ2n) is 5.26. The van der Waals surface area contributed by atoms with E-state index >= 15 is 0 Å². The molecule has 0 heterocycles. The SMILES string of the molecule is Cc1ccc(C(C)C)cc1C(CCO)N(C)C. The van der Waals surface area contributed by atoms with Gasteiger partial charge in [-0.15, -0.1) is 0 Å². The van der Waals surface area contributed by atoms with E-state index in [4.69, 9.17) is 0 Å². The monoisotopic (exact) mass is 235 g/mol. The lowest BCUT2D eigenvalue weighted by Gasteiger charge is -2.26. The molecular formula is C15H25NO. The summed E-state index contributed by atoms with van der Waals surface area (Å²) in [5.74, 6) is 0.547. The van der Waals surface area contributed by atoms with E-state index in [1.807, 2.05) is 0 Å². The van der Waals surface area contributed by atoms with Gasteiger partial charge in [-0.1, -0.05) is 32.0 Å². The van der Waals surface area contributed by atoms with Crippen LogP contribution in [0.2, 0.25) is 0 Å². The van der Waals surface area contributed by atoms with E-state index in [1.54, 1.807) is 0 Å². The predicted molar refractivity (Wildman–Crippen MR) is 73.4 cm³/mol. The molecule has 0 aromatic heterocycles. The minimum absolute atomic E-state index is 0.230. The van der Waals surface area contributed by atoms with Crippen LogP contribution in [-0.2, 0) is 0 Å². The van der Waals surface area contributed by atoms with Crippen LogP contribution in [0.5, 0.6) is 0 Å². The van der Waals surface area contributed by atoms with Gasteiger partial charge in [-0.2, -0.15) is 0 Å². The van der Waals surface area contributed by atoms with Crippen molar-refractivity contribution in [2.45, 2.75) is 39.2 Å². The van der Waals surface area contributed by atoms with Gasteiger partial charge in [-0.3, -0.25) is 0 Å². The molecule has 1 aromatic rings. The fourth-order valence-corrected chi connectivity index (χ4v) is 2.19. The summed E-state index contributed by atoms with van der Waals surface area (Å²) >= 11 is 0. The Balaban J connectivity index is 3.12. The first-order valence-electron chi connectivity index (χ1n) is 6.35. The molecule has 1 atom stereocenters. The minimum atomic E-state index is 0.230. The van der Waals surface area contributed by atoms with Gasteiger partial charge in [0.2, 0.25) is 0 Å². The van der Waals surface area contributed by atoms with Crippen molar-refractivity contribution in [3.63, 3.8) is 0 Å². The Morgan fingerprint density at radius 3 is 2.35 bits per heavy atom. The molecule has 0 saturated heterocycles. The fraction of sp³-hybridized carbons (Fsp3) is 0.600. The summed E-state index contributed by atoms with van der Waals surface area (Å²) in [6.45, 7) is 6.80. The molecule has 0 aliphatic heterocycles. The summed E-state index contributed by atoms with van der Waals surface area (Å²) in [6.07, 6.45) is 0.787. The van der Waals surface area contributed by atoms with Gasteiger partial charge in [0.25, 0.3) is 0 Å². The van der Waals surface area contributed by atoms with Gasteiger partial charge in [0.1, 0.15) is 0 Å². The molecular weight excluding hydrogens is 210 g/mol. The average molecular weight is 235 g/mol. The van der Waals surface area contributed by atoms with Gasteiger partial charge in [0, 0.05) is 12.6 Å². The van der Waals surface area contributed by atoms with Crippen molar-refractivity contribution in [3.8, 4) is 0 Å². The van der Waals surface area contributed by atoms with E-state index in [0.29, 0.717) is 12.0 Å². The van der Waals surface area contributed by atoms with Crippen LogP contribution in [-0.4, -0.2) is 30.7 Å². The van der Waals surface area contributed by atoms with Gasteiger partial charge in [0.05, 0.1) is 0 Å². The lowest BCUT2D eigenvalue weighted by atomic mass is 9.92. The summed E-state index contributed by atoms with van der Waals surface area (Å²) in [5.41, 5.74) is 4.02. The number of rotatable bonds is 5. The smallest absolute Gasteiger partial charge is 0.0449 e. The highest BCUT2D eigenvalue weighted by Crippen LogP contribution is 2.28. The van der Waals surface area contributed by atoms with Crippen molar-refractivity contribution in [1.82, 2.24) is 4.90 Å². The van der Waals surface area contributed by atoms with Gasteiger partial charge in [0.15, 0.2) is 0 Å². The molecule has 0 bridgehead atoms. The zero-order valence-electron chi connectivity index (χ0n) is 11.7. The topological polar surface area (TPSA) is 23.5 Å². The summed E-state index contributed by atoms with van der Waals surface area (Å²) in [6, 6.07) is 6.99. The fourth-order valence-electron chi connectivity index (χ4n) is 2.19. The Bertz CT molecular complexity index is 358. The molecule has 0 saturated carbocycles. The molecule has 17 heavy (non-hydrogen) atoms. The minimum Gasteiger partial charge on any atom is -0.396 e. The van der Waals surface area contributed by atoms with Crippen LogP contribution in [0.25, 0.3) is 0 Å². The van der Waals surface area contributed by atoms with Crippen LogP contribution in [0.4, 0.5) is 0 Å². The zero-order chi connectivity index (χ0) is 13.0. The first-order chi connectivity index (χ1) is 7.97. The molecule has 1 N–H and O–H groups in total. The molecule has 0 aliphatic carbocycles. The largest absolute Gasteiger partial charge is 0.396 e. The Kier molecular flexibility index (Phi) is 5.16. The third-order valence-corrected chi connectivity index (χ3v) is 3.35. The number of hydrogen-bond donors (Lipinski definition) is 1. The summed E-state index contributed by atoms with van der Waals surface area (Å²) in [7, 11) is 4.14. The third kappa shape index (κ3) is 3.55. The summed E-state index contributed by atoms with van der Waals surface area (Å²) in [5, 5.41) is 9.19. The lowest BCUT2D eigenvalue weighted by molar-refractivity contribution is 0.210. The van der Waals surface area contributed by atoms with Crippen LogP contribution < -0.4 is 0 Å². The Hall–Kier alpha value is -0.860. The molecule has 0 radical (unpaired) electrons. The van der Waals surface area contributed by atoms with E-state index in [2.05, 4.69) is 58.0 Å². The lowest BCUT2D eigenvalue weighted by Crippen LogP contribution is -2.22. The van der Waals surface area contributed by atoms with E-state index in [-0.39, 0.29) is 6.61 Å². The van der Waals surface area contributed by atoms with Crippen LogP contribution in [0.15, 0.2) is 18.2 Å². The third-order valence-electron chi connectivity index (χ3n) is 3.35. The van der Waals surface area contributed by atoms with Crippen LogP contribution in [0, 0.1) is 6.92 Å². The van der Waals surface area contributed by atoms with E-state index < -0.39 is 0 Å². The van der Waals surface area contributed by atoms with Crippen molar-refractivity contribution < 1.29 is 5.11 Å². The molecule has 1 unspecified atom stereocenters. The van der Waals surface area contributed by atoms with Crippen molar-refractivity contribution >= 4 is 0 Å². The second kappa shape index (κ2) is 6.18. The van der Waals surface area contributed by atoms with Gasteiger partial charge in [-0.25, -0.2) is 0 Å². The second-order valence-corrected chi connectivity index (χ2v) is 5.26. The Morgan fingerprint density at radius 2 is 1.88 bits per heavy atom. The van der Waals surface area contributed by atoms with Crippen molar-refractivity contribution in [2.75, 3.05) is 20.7 Å². The Morgan fingerprint density at radius 1 is 1.24 bits per heavy atom. The van der Waals surface area contributed by atoms with Gasteiger partial charge < -0.3 is 10.0 Å². The highest BCUT2D eigenvalue weighted by atomic mass is 16.3. The average Bonchev–Trinajstić information content (AvgIpc) is 2.26. The molecule has 0 spiro atoms. The zero-order valence-corrected chi connectivity index (χ0v) is 11.7. The molecule has 0 aliphatic rings. The molecule has 1 rings (SSSR count). The summed E-state index contributed by atoms with van der Waals surface area (Å²) < 4.78 is 0. The van der Waals surface area contributed by atoms with Gasteiger partial charge in [-0.05, 0) is 50.0 Å². The number of aryl methyl sites for hydroxylation is 1. The predicted octanol–water partition coefficient (Wildman–Crippen LogP) is 3.10. The van der Waals surface area contributed by atoms with E-state index in [9.17, 15) is 5.11 Å². The maximum atomic E-state index is 9.19. The molecule has 2 nitrogen and oxygen atoms in total. The highest BCUT2D eigenvalue weighted by molar-refractivity contribution is 5.35. The Labute approximate surface area is 105 Å². The van der Waals surface area contributed by atoms with E-state index in [0.717, 1.165) is 6.42 Å². The number of aliphatic hydroxyl groups is 1. The molecule has 2 heteroatoms. The number of nitrogens with zero attached hydrogens (tertiary/aromatic N) is 1. The van der Waals surface area contributed by atoms with Crippen molar-refractivity contribution in [2.24, 2.45) is 0 Å². The van der Waals surface area contributed by atoms with Crippen LogP contribution in [0.1, 0.15) is 48.9 Å². The number of aliphatic hydroxyl groups excluding tert-OH is 1. The molecule has 0 amide bonds. The normalized spacial score (nSPS) is 13.4. The summed E-state index contributed by atoms with van der Waals surface area (Å²) in [4.78, 5) is 2.18. The first-order valence-corrected chi connectivity index (χ1v) is 6.35. The van der Waals surface area contributed by atoms with Gasteiger partial charge >= 0.3 is 0 Å². The maximum Gasteiger partial charge on any atom is 0.0449 e. The molecule has 0 fully saturated rings.